The first kappa shape index (κ1) is 25.8. The molecule has 0 spiro atoms. The molecule has 5 nitrogen and oxygen atoms in total. The Morgan fingerprint density at radius 2 is 1.63 bits per heavy atom. The second kappa shape index (κ2) is 11.3. The molecular formula is C31H25Cl2NO4. The van der Waals surface area contributed by atoms with Crippen LogP contribution in [-0.4, -0.2) is 18.2 Å². The number of hydrogen-bond donors (Lipinski definition) is 0. The minimum atomic E-state index is -0.347. The summed E-state index contributed by atoms with van der Waals surface area (Å²) in [6.45, 7) is 2.35. The molecule has 0 saturated heterocycles. The number of nitrogens with zero attached hydrogens (tertiary/aromatic N) is 1. The van der Waals surface area contributed by atoms with Gasteiger partial charge in [-0.05, 0) is 64.7 Å². The zero-order valence-corrected chi connectivity index (χ0v) is 22.5. The Morgan fingerprint density at radius 1 is 0.921 bits per heavy atom. The van der Waals surface area contributed by atoms with Crippen LogP contribution in [0.2, 0.25) is 10.0 Å². The molecule has 38 heavy (non-hydrogen) atoms. The van der Waals surface area contributed by atoms with Crippen LogP contribution in [0.15, 0.2) is 83.4 Å². The number of methoxy groups -OCH3 is 1. The molecule has 0 aliphatic heterocycles. The normalized spacial score (nSPS) is 11.1. The molecule has 1 heterocycles. The van der Waals surface area contributed by atoms with E-state index in [0.29, 0.717) is 32.6 Å². The third kappa shape index (κ3) is 5.13. The Morgan fingerprint density at radius 3 is 2.34 bits per heavy atom. The highest BCUT2D eigenvalue weighted by Gasteiger charge is 2.22. The smallest absolute Gasteiger partial charge is 0.338 e. The Hall–Kier alpha value is -3.80. The molecule has 1 aromatic heterocycles. The van der Waals surface area contributed by atoms with E-state index in [1.807, 2.05) is 48.5 Å². The van der Waals surface area contributed by atoms with Gasteiger partial charge in [0.2, 0.25) is 0 Å². The van der Waals surface area contributed by atoms with Gasteiger partial charge in [0, 0.05) is 12.0 Å². The molecule has 7 heteroatoms. The Kier molecular flexibility index (Phi) is 7.68. The maximum Gasteiger partial charge on any atom is 0.338 e. The number of aryl methyl sites for hydroxylation is 1. The highest BCUT2D eigenvalue weighted by Crippen LogP contribution is 2.38. The van der Waals surface area contributed by atoms with Crippen molar-refractivity contribution >= 4 is 39.9 Å². The number of benzene rings is 4. The summed E-state index contributed by atoms with van der Waals surface area (Å²) in [5.74, 6) is 1.12. The third-order valence-electron chi connectivity index (χ3n) is 6.40. The van der Waals surface area contributed by atoms with Crippen molar-refractivity contribution in [1.29, 1.82) is 0 Å². The Labute approximate surface area is 230 Å². The molecule has 5 rings (SSSR count). The average Bonchev–Trinajstić information content (AvgIpc) is 3.33. The summed E-state index contributed by atoms with van der Waals surface area (Å²) < 4.78 is 16.7. The lowest BCUT2D eigenvalue weighted by Crippen LogP contribution is -2.01. The van der Waals surface area contributed by atoms with Crippen molar-refractivity contribution < 1.29 is 18.8 Å². The van der Waals surface area contributed by atoms with Crippen molar-refractivity contribution in [3.63, 3.8) is 0 Å². The van der Waals surface area contributed by atoms with Crippen LogP contribution in [0.3, 0.4) is 0 Å². The van der Waals surface area contributed by atoms with Crippen LogP contribution in [0.5, 0.6) is 5.75 Å². The fourth-order valence-electron chi connectivity index (χ4n) is 4.49. The van der Waals surface area contributed by atoms with Gasteiger partial charge in [-0.1, -0.05) is 77.7 Å². The summed E-state index contributed by atoms with van der Waals surface area (Å²) in [5.41, 5.74) is 4.69. The molecule has 192 valence electrons. The number of esters is 1. The summed E-state index contributed by atoms with van der Waals surface area (Å²) in [7, 11) is 1.39. The third-order valence-corrected chi connectivity index (χ3v) is 7.03. The summed E-state index contributed by atoms with van der Waals surface area (Å²) >= 11 is 12.9. The number of halogens is 2. The molecule has 0 unspecified atom stereocenters. The van der Waals surface area contributed by atoms with Gasteiger partial charge in [0.15, 0.2) is 0 Å². The van der Waals surface area contributed by atoms with Crippen LogP contribution in [-0.2, 0) is 17.8 Å². The van der Waals surface area contributed by atoms with Crippen molar-refractivity contribution in [1.82, 2.24) is 5.16 Å². The summed E-state index contributed by atoms with van der Waals surface area (Å²) in [6.07, 6.45) is 1.63. The maximum absolute atomic E-state index is 12.1. The van der Waals surface area contributed by atoms with Crippen LogP contribution >= 0.6 is 23.2 Å². The number of hydrogen-bond acceptors (Lipinski definition) is 5. The largest absolute Gasteiger partial charge is 0.489 e. The standard InChI is InChI=1S/C31H25Cl2NO4/c1-3-6-28-25(30(34-38-28)29-26(32)9-5-10-27(29)33)18-37-22-14-11-19(12-15-22)20-13-16-23-21(17-20)7-4-8-24(23)31(35)36-2/h4-5,7-17H,3,6,18H2,1-2H3. The van der Waals surface area contributed by atoms with E-state index >= 15 is 0 Å². The van der Waals surface area contributed by atoms with Gasteiger partial charge >= 0.3 is 5.97 Å². The lowest BCUT2D eigenvalue weighted by Gasteiger charge is -2.11. The topological polar surface area (TPSA) is 61.6 Å². The van der Waals surface area contributed by atoms with Gasteiger partial charge in [0.25, 0.3) is 0 Å². The van der Waals surface area contributed by atoms with Gasteiger partial charge in [-0.15, -0.1) is 0 Å². The molecule has 0 bridgehead atoms. The van der Waals surface area contributed by atoms with Crippen LogP contribution in [0, 0.1) is 0 Å². The number of carbonyl (C=O) groups is 1. The van der Waals surface area contributed by atoms with Gasteiger partial charge in [-0.2, -0.15) is 0 Å². The van der Waals surface area contributed by atoms with E-state index in [4.69, 9.17) is 37.2 Å². The number of ether oxygens (including phenoxy) is 2. The van der Waals surface area contributed by atoms with Crippen molar-refractivity contribution in [3.8, 4) is 28.1 Å². The highest BCUT2D eigenvalue weighted by molar-refractivity contribution is 6.39. The summed E-state index contributed by atoms with van der Waals surface area (Å²) in [4.78, 5) is 12.1. The van der Waals surface area contributed by atoms with E-state index < -0.39 is 0 Å². The average molecular weight is 546 g/mol. The van der Waals surface area contributed by atoms with E-state index in [-0.39, 0.29) is 12.6 Å². The zero-order valence-electron chi connectivity index (χ0n) is 21.0. The molecule has 5 aromatic rings. The van der Waals surface area contributed by atoms with Gasteiger partial charge < -0.3 is 14.0 Å². The molecule has 0 aliphatic rings. The first-order chi connectivity index (χ1) is 18.5. The van der Waals surface area contributed by atoms with Gasteiger partial charge in [0.05, 0.1) is 28.3 Å². The second-order valence-electron chi connectivity index (χ2n) is 8.83. The van der Waals surface area contributed by atoms with Gasteiger partial charge in [-0.3, -0.25) is 0 Å². The highest BCUT2D eigenvalue weighted by atomic mass is 35.5. The number of carbonyl (C=O) groups excluding carboxylic acids is 1. The van der Waals surface area contributed by atoms with E-state index in [1.165, 1.54) is 7.11 Å². The number of fused-ring (bicyclic) bond motifs is 1. The van der Waals surface area contributed by atoms with Crippen LogP contribution < -0.4 is 4.74 Å². The Bertz CT molecular complexity index is 1590. The number of aromatic nitrogens is 1. The zero-order chi connectivity index (χ0) is 26.6. The van der Waals surface area contributed by atoms with Crippen LogP contribution in [0.4, 0.5) is 0 Å². The van der Waals surface area contributed by atoms with Crippen LogP contribution in [0.25, 0.3) is 33.2 Å². The minimum Gasteiger partial charge on any atom is -0.489 e. The first-order valence-electron chi connectivity index (χ1n) is 12.3. The van der Waals surface area contributed by atoms with E-state index in [9.17, 15) is 4.79 Å². The lowest BCUT2D eigenvalue weighted by molar-refractivity contribution is 0.0603. The molecule has 0 fully saturated rings. The maximum atomic E-state index is 12.1. The molecule has 0 saturated carbocycles. The monoisotopic (exact) mass is 545 g/mol. The number of rotatable bonds is 8. The quantitative estimate of drug-likeness (QED) is 0.182. The van der Waals surface area contributed by atoms with Crippen molar-refractivity contribution in [2.24, 2.45) is 0 Å². The van der Waals surface area contributed by atoms with Crippen molar-refractivity contribution in [2.75, 3.05) is 7.11 Å². The molecular weight excluding hydrogens is 521 g/mol. The molecule has 0 N–H and O–H groups in total. The van der Waals surface area contributed by atoms with Gasteiger partial charge in [-0.25, -0.2) is 4.79 Å². The minimum absolute atomic E-state index is 0.265. The predicted octanol–water partition coefficient (Wildman–Crippen LogP) is 8.79. The van der Waals surface area contributed by atoms with Crippen molar-refractivity contribution in [3.05, 3.63) is 106 Å². The molecule has 4 aromatic carbocycles. The first-order valence-corrected chi connectivity index (χ1v) is 13.0. The fourth-order valence-corrected chi connectivity index (χ4v) is 5.06. The summed E-state index contributed by atoms with van der Waals surface area (Å²) in [5, 5.41) is 7.12. The van der Waals surface area contributed by atoms with Crippen LogP contribution in [0.1, 0.15) is 35.0 Å². The van der Waals surface area contributed by atoms with E-state index in [0.717, 1.165) is 46.1 Å². The molecule has 0 aliphatic carbocycles. The van der Waals surface area contributed by atoms with Crippen molar-refractivity contribution in [2.45, 2.75) is 26.4 Å². The van der Waals surface area contributed by atoms with E-state index in [1.54, 1.807) is 24.3 Å². The second-order valence-corrected chi connectivity index (χ2v) is 9.64. The van der Waals surface area contributed by atoms with Gasteiger partial charge in [0.1, 0.15) is 23.8 Å². The van der Waals surface area contributed by atoms with E-state index in [2.05, 4.69) is 18.1 Å². The fraction of sp³-hybridized carbons (Fsp3) is 0.161. The molecule has 0 radical (unpaired) electrons. The lowest BCUT2D eigenvalue weighted by atomic mass is 9.98. The summed E-state index contributed by atoms with van der Waals surface area (Å²) in [6, 6.07) is 24.9. The molecule has 0 atom stereocenters. The Balaban J connectivity index is 1.38. The SMILES string of the molecule is CCCc1onc(-c2c(Cl)cccc2Cl)c1COc1ccc(-c2ccc3c(C(=O)OC)cccc3c2)cc1. The molecule has 0 amide bonds. The predicted molar refractivity (Wildman–Crippen MR) is 151 cm³/mol.